The maximum Gasteiger partial charge on any atom is 0.123 e. The lowest BCUT2D eigenvalue weighted by Gasteiger charge is -2.35. The number of hydrogen-bond donors (Lipinski definition) is 1. The number of hydrogen-bond acceptors (Lipinski definition) is 3. The standard InChI is InChI=1S/C16H23FN2O/c1-2-15-11-19(7-8-20-15)16-6-3-13(17)9-12(16)10-18-14-4-5-14/h3,6,9,14-15,18H,2,4-5,7-8,10-11H2,1H3. The molecule has 0 aromatic heterocycles. The molecule has 4 heteroatoms. The summed E-state index contributed by atoms with van der Waals surface area (Å²) >= 11 is 0. The van der Waals surface area contributed by atoms with Crippen molar-refractivity contribution in [3.05, 3.63) is 29.6 Å². The molecular weight excluding hydrogens is 255 g/mol. The minimum Gasteiger partial charge on any atom is -0.375 e. The Balaban J connectivity index is 1.75. The topological polar surface area (TPSA) is 24.5 Å². The van der Waals surface area contributed by atoms with Crippen LogP contribution in [0.2, 0.25) is 0 Å². The molecule has 1 aliphatic carbocycles. The lowest BCUT2D eigenvalue weighted by Crippen LogP contribution is -2.42. The molecule has 0 radical (unpaired) electrons. The van der Waals surface area contributed by atoms with Gasteiger partial charge in [-0.3, -0.25) is 0 Å². The van der Waals surface area contributed by atoms with Crippen molar-refractivity contribution in [3.8, 4) is 0 Å². The van der Waals surface area contributed by atoms with Gasteiger partial charge in [-0.1, -0.05) is 6.92 Å². The molecule has 20 heavy (non-hydrogen) atoms. The minimum absolute atomic E-state index is 0.151. The largest absolute Gasteiger partial charge is 0.375 e. The minimum atomic E-state index is -0.151. The maximum atomic E-state index is 13.5. The smallest absolute Gasteiger partial charge is 0.123 e. The van der Waals surface area contributed by atoms with Gasteiger partial charge in [0.25, 0.3) is 0 Å². The quantitative estimate of drug-likeness (QED) is 0.896. The SMILES string of the molecule is CCC1CN(c2ccc(F)cc2CNC2CC2)CCO1. The highest BCUT2D eigenvalue weighted by atomic mass is 19.1. The normalized spacial score (nSPS) is 23.1. The van der Waals surface area contributed by atoms with E-state index in [1.54, 1.807) is 12.1 Å². The summed E-state index contributed by atoms with van der Waals surface area (Å²) in [6, 6.07) is 5.78. The van der Waals surface area contributed by atoms with Crippen LogP contribution in [0.5, 0.6) is 0 Å². The van der Waals surface area contributed by atoms with E-state index >= 15 is 0 Å². The van der Waals surface area contributed by atoms with Crippen molar-refractivity contribution >= 4 is 5.69 Å². The first-order valence-electron chi connectivity index (χ1n) is 7.64. The molecule has 1 saturated heterocycles. The van der Waals surface area contributed by atoms with Gasteiger partial charge in [-0.2, -0.15) is 0 Å². The predicted molar refractivity (Wildman–Crippen MR) is 78.5 cm³/mol. The van der Waals surface area contributed by atoms with Crippen molar-refractivity contribution in [2.75, 3.05) is 24.6 Å². The Labute approximate surface area is 120 Å². The Kier molecular flexibility index (Phi) is 4.22. The molecule has 1 atom stereocenters. The third-order valence-electron chi connectivity index (χ3n) is 4.13. The second-order valence-corrected chi connectivity index (χ2v) is 5.78. The molecule has 1 aliphatic heterocycles. The number of halogens is 1. The number of nitrogens with one attached hydrogen (secondary N) is 1. The van der Waals surface area contributed by atoms with E-state index in [1.807, 2.05) is 6.07 Å². The van der Waals surface area contributed by atoms with E-state index in [-0.39, 0.29) is 11.9 Å². The first-order valence-corrected chi connectivity index (χ1v) is 7.64. The molecule has 1 unspecified atom stereocenters. The average molecular weight is 278 g/mol. The maximum absolute atomic E-state index is 13.5. The zero-order valence-corrected chi connectivity index (χ0v) is 12.1. The molecule has 3 nitrogen and oxygen atoms in total. The van der Waals surface area contributed by atoms with Crippen LogP contribution in [-0.4, -0.2) is 31.8 Å². The van der Waals surface area contributed by atoms with E-state index in [4.69, 9.17) is 4.74 Å². The molecule has 0 amide bonds. The average Bonchev–Trinajstić information content (AvgIpc) is 3.29. The Hall–Kier alpha value is -1.13. The van der Waals surface area contributed by atoms with Crippen LogP contribution in [0, 0.1) is 5.82 Å². The molecule has 0 spiro atoms. The second kappa shape index (κ2) is 6.10. The number of morpholine rings is 1. The third-order valence-corrected chi connectivity index (χ3v) is 4.13. The molecule has 110 valence electrons. The molecule has 1 aromatic carbocycles. The molecule has 3 rings (SSSR count). The van der Waals surface area contributed by atoms with Crippen molar-refractivity contribution in [1.82, 2.24) is 5.32 Å². The van der Waals surface area contributed by atoms with Gasteiger partial charge in [0.2, 0.25) is 0 Å². The molecule has 1 aromatic rings. The van der Waals surface area contributed by atoms with Gasteiger partial charge in [0, 0.05) is 31.4 Å². The van der Waals surface area contributed by atoms with Gasteiger partial charge in [-0.05, 0) is 43.0 Å². The van der Waals surface area contributed by atoms with Crippen LogP contribution in [-0.2, 0) is 11.3 Å². The summed E-state index contributed by atoms with van der Waals surface area (Å²) in [4.78, 5) is 2.33. The fraction of sp³-hybridized carbons (Fsp3) is 0.625. The van der Waals surface area contributed by atoms with Gasteiger partial charge in [0.15, 0.2) is 0 Å². The zero-order valence-electron chi connectivity index (χ0n) is 12.1. The van der Waals surface area contributed by atoms with E-state index in [1.165, 1.54) is 12.8 Å². The van der Waals surface area contributed by atoms with E-state index in [9.17, 15) is 4.39 Å². The van der Waals surface area contributed by atoms with Crippen LogP contribution in [0.3, 0.4) is 0 Å². The Morgan fingerprint density at radius 3 is 3.00 bits per heavy atom. The highest BCUT2D eigenvalue weighted by molar-refractivity contribution is 5.54. The van der Waals surface area contributed by atoms with Gasteiger partial charge in [0.05, 0.1) is 12.7 Å². The third kappa shape index (κ3) is 3.30. The van der Waals surface area contributed by atoms with Crippen LogP contribution in [0.15, 0.2) is 18.2 Å². The lowest BCUT2D eigenvalue weighted by molar-refractivity contribution is 0.0384. The summed E-state index contributed by atoms with van der Waals surface area (Å²) in [6.07, 6.45) is 3.81. The summed E-state index contributed by atoms with van der Waals surface area (Å²) < 4.78 is 19.2. The van der Waals surface area contributed by atoms with Crippen LogP contribution in [0.1, 0.15) is 31.7 Å². The molecule has 0 bridgehead atoms. The molecular formula is C16H23FN2O. The fourth-order valence-electron chi connectivity index (χ4n) is 2.73. The number of benzene rings is 1. The first kappa shape index (κ1) is 13.8. The van der Waals surface area contributed by atoms with Crippen molar-refractivity contribution in [3.63, 3.8) is 0 Å². The van der Waals surface area contributed by atoms with Gasteiger partial charge in [0.1, 0.15) is 5.82 Å². The molecule has 2 aliphatic rings. The number of rotatable bonds is 5. The van der Waals surface area contributed by atoms with Crippen LogP contribution >= 0.6 is 0 Å². The Bertz CT molecular complexity index is 462. The summed E-state index contributed by atoms with van der Waals surface area (Å²) in [5.74, 6) is -0.151. The number of anilines is 1. The van der Waals surface area contributed by atoms with Gasteiger partial charge in [-0.25, -0.2) is 4.39 Å². The van der Waals surface area contributed by atoms with Gasteiger partial charge in [-0.15, -0.1) is 0 Å². The van der Waals surface area contributed by atoms with Crippen LogP contribution < -0.4 is 10.2 Å². The highest BCUT2D eigenvalue weighted by Gasteiger charge is 2.23. The second-order valence-electron chi connectivity index (χ2n) is 5.78. The summed E-state index contributed by atoms with van der Waals surface area (Å²) in [6.45, 7) is 5.45. The van der Waals surface area contributed by atoms with Gasteiger partial charge < -0.3 is 15.0 Å². The lowest BCUT2D eigenvalue weighted by atomic mass is 10.1. The fourth-order valence-corrected chi connectivity index (χ4v) is 2.73. The summed E-state index contributed by atoms with van der Waals surface area (Å²) in [7, 11) is 0. The number of nitrogens with zero attached hydrogens (tertiary/aromatic N) is 1. The monoisotopic (exact) mass is 278 g/mol. The number of ether oxygens (including phenoxy) is 1. The molecule has 1 N–H and O–H groups in total. The Morgan fingerprint density at radius 2 is 2.25 bits per heavy atom. The summed E-state index contributed by atoms with van der Waals surface area (Å²) in [5, 5.41) is 3.48. The highest BCUT2D eigenvalue weighted by Crippen LogP contribution is 2.26. The van der Waals surface area contributed by atoms with E-state index in [0.29, 0.717) is 6.04 Å². The van der Waals surface area contributed by atoms with E-state index in [2.05, 4.69) is 17.1 Å². The first-order chi connectivity index (χ1) is 9.76. The summed E-state index contributed by atoms with van der Waals surface area (Å²) in [5.41, 5.74) is 2.22. The zero-order chi connectivity index (χ0) is 13.9. The van der Waals surface area contributed by atoms with Gasteiger partial charge >= 0.3 is 0 Å². The van der Waals surface area contributed by atoms with Crippen molar-refractivity contribution in [2.24, 2.45) is 0 Å². The molecule has 2 fully saturated rings. The van der Waals surface area contributed by atoms with E-state index in [0.717, 1.165) is 43.9 Å². The molecule has 1 saturated carbocycles. The molecule has 1 heterocycles. The van der Waals surface area contributed by atoms with Crippen molar-refractivity contribution in [1.29, 1.82) is 0 Å². The van der Waals surface area contributed by atoms with Crippen LogP contribution in [0.25, 0.3) is 0 Å². The predicted octanol–water partition coefficient (Wildman–Crippen LogP) is 2.69. The van der Waals surface area contributed by atoms with Crippen molar-refractivity contribution < 1.29 is 9.13 Å². The van der Waals surface area contributed by atoms with E-state index < -0.39 is 0 Å². The van der Waals surface area contributed by atoms with Crippen LogP contribution in [0.4, 0.5) is 10.1 Å². The van der Waals surface area contributed by atoms with Crippen molar-refractivity contribution in [2.45, 2.75) is 44.9 Å². The Morgan fingerprint density at radius 1 is 1.40 bits per heavy atom.